The number of rotatable bonds is 1. The van der Waals surface area contributed by atoms with Crippen molar-refractivity contribution in [2.24, 2.45) is 5.92 Å². The number of carbonyl (C=O) groups is 1. The van der Waals surface area contributed by atoms with Gasteiger partial charge in [0.1, 0.15) is 6.10 Å². The third-order valence-electron chi connectivity index (χ3n) is 2.60. The molecule has 2 rings (SSSR count). The van der Waals surface area contributed by atoms with E-state index in [0.717, 1.165) is 5.69 Å². The van der Waals surface area contributed by atoms with Crippen molar-refractivity contribution in [3.05, 3.63) is 30.3 Å². The van der Waals surface area contributed by atoms with Crippen molar-refractivity contribution < 1.29 is 9.90 Å². The maximum absolute atomic E-state index is 11.6. The van der Waals surface area contributed by atoms with Crippen LogP contribution >= 0.6 is 0 Å². The fourth-order valence-electron chi connectivity index (χ4n) is 1.72. The molecule has 3 heteroatoms. The number of hydrogen-bond donors (Lipinski definition) is 1. The number of nitrogens with zero attached hydrogens (tertiary/aromatic N) is 1. The van der Waals surface area contributed by atoms with E-state index in [2.05, 4.69) is 0 Å². The smallest absolute Gasteiger partial charge is 0.256 e. The molecule has 1 fully saturated rings. The molecule has 0 bridgehead atoms. The molecule has 0 spiro atoms. The van der Waals surface area contributed by atoms with E-state index in [0.29, 0.717) is 6.54 Å². The van der Waals surface area contributed by atoms with Crippen LogP contribution in [0.2, 0.25) is 0 Å². The highest BCUT2D eigenvalue weighted by Crippen LogP contribution is 2.24. The van der Waals surface area contributed by atoms with E-state index in [-0.39, 0.29) is 11.8 Å². The minimum absolute atomic E-state index is 0.0164. The second kappa shape index (κ2) is 3.42. The number of hydrogen-bond acceptors (Lipinski definition) is 2. The first kappa shape index (κ1) is 9.21. The Morgan fingerprint density at radius 3 is 2.50 bits per heavy atom. The Morgan fingerprint density at radius 2 is 2.00 bits per heavy atom. The van der Waals surface area contributed by atoms with Crippen LogP contribution in [-0.4, -0.2) is 23.7 Å². The summed E-state index contributed by atoms with van der Waals surface area (Å²) in [7, 11) is 0. The Kier molecular flexibility index (Phi) is 2.25. The van der Waals surface area contributed by atoms with E-state index >= 15 is 0 Å². The number of benzene rings is 1. The van der Waals surface area contributed by atoms with E-state index in [4.69, 9.17) is 0 Å². The number of aliphatic hydroxyl groups is 1. The minimum atomic E-state index is -0.838. The van der Waals surface area contributed by atoms with Gasteiger partial charge in [0.2, 0.25) is 0 Å². The lowest BCUT2D eigenvalue weighted by Crippen LogP contribution is -2.29. The van der Waals surface area contributed by atoms with Crippen molar-refractivity contribution in [1.29, 1.82) is 0 Å². The third kappa shape index (κ3) is 1.40. The van der Waals surface area contributed by atoms with E-state index in [9.17, 15) is 9.90 Å². The highest BCUT2D eigenvalue weighted by atomic mass is 16.3. The van der Waals surface area contributed by atoms with Crippen molar-refractivity contribution in [3.8, 4) is 0 Å². The van der Waals surface area contributed by atoms with Crippen molar-refractivity contribution in [3.63, 3.8) is 0 Å². The van der Waals surface area contributed by atoms with Crippen LogP contribution in [0.3, 0.4) is 0 Å². The highest BCUT2D eigenvalue weighted by molar-refractivity contribution is 5.98. The van der Waals surface area contributed by atoms with Gasteiger partial charge in [-0.3, -0.25) is 4.79 Å². The molecule has 0 aromatic heterocycles. The molecule has 2 atom stereocenters. The number of para-hydroxylation sites is 1. The van der Waals surface area contributed by atoms with E-state index < -0.39 is 6.10 Å². The molecule has 0 unspecified atom stereocenters. The predicted octanol–water partition coefficient (Wildman–Crippen LogP) is 1.03. The zero-order valence-electron chi connectivity index (χ0n) is 8.05. The van der Waals surface area contributed by atoms with Crippen LogP contribution in [0.1, 0.15) is 6.92 Å². The molecule has 0 aliphatic carbocycles. The fourth-order valence-corrected chi connectivity index (χ4v) is 1.72. The van der Waals surface area contributed by atoms with Crippen molar-refractivity contribution >= 4 is 11.6 Å². The van der Waals surface area contributed by atoms with Crippen molar-refractivity contribution in [1.82, 2.24) is 0 Å². The summed E-state index contributed by atoms with van der Waals surface area (Å²) in [6.07, 6.45) is -0.838. The molecule has 1 heterocycles. The summed E-state index contributed by atoms with van der Waals surface area (Å²) < 4.78 is 0. The van der Waals surface area contributed by atoms with Crippen molar-refractivity contribution in [2.75, 3.05) is 11.4 Å². The van der Waals surface area contributed by atoms with Gasteiger partial charge in [-0.1, -0.05) is 25.1 Å². The molecule has 1 aromatic carbocycles. The van der Waals surface area contributed by atoms with Gasteiger partial charge in [-0.15, -0.1) is 0 Å². The van der Waals surface area contributed by atoms with Gasteiger partial charge in [0.25, 0.3) is 5.91 Å². The summed E-state index contributed by atoms with van der Waals surface area (Å²) >= 11 is 0. The molecule has 0 saturated carbocycles. The van der Waals surface area contributed by atoms with Gasteiger partial charge in [-0.2, -0.15) is 0 Å². The summed E-state index contributed by atoms with van der Waals surface area (Å²) in [5.74, 6) is -0.175. The Morgan fingerprint density at radius 1 is 1.36 bits per heavy atom. The maximum atomic E-state index is 11.6. The van der Waals surface area contributed by atoms with Gasteiger partial charge >= 0.3 is 0 Å². The number of anilines is 1. The summed E-state index contributed by atoms with van der Waals surface area (Å²) in [6.45, 7) is 2.48. The lowest BCUT2D eigenvalue weighted by atomic mass is 10.1. The van der Waals surface area contributed by atoms with Crippen LogP contribution in [0, 0.1) is 5.92 Å². The highest BCUT2D eigenvalue weighted by Gasteiger charge is 2.36. The van der Waals surface area contributed by atoms with Gasteiger partial charge in [0.05, 0.1) is 0 Å². The minimum Gasteiger partial charge on any atom is -0.383 e. The molecule has 14 heavy (non-hydrogen) atoms. The molecule has 1 aliphatic heterocycles. The average Bonchev–Trinajstić information content (AvgIpc) is 2.47. The zero-order valence-corrected chi connectivity index (χ0v) is 8.05. The Hall–Kier alpha value is -1.35. The molecular weight excluding hydrogens is 178 g/mol. The summed E-state index contributed by atoms with van der Waals surface area (Å²) in [5.41, 5.74) is 0.862. The Balaban J connectivity index is 2.26. The molecule has 1 N–H and O–H groups in total. The first-order valence-corrected chi connectivity index (χ1v) is 4.74. The predicted molar refractivity (Wildman–Crippen MR) is 54.0 cm³/mol. The lowest BCUT2D eigenvalue weighted by Gasteiger charge is -2.15. The zero-order chi connectivity index (χ0) is 10.1. The lowest BCUT2D eigenvalue weighted by molar-refractivity contribution is -0.125. The van der Waals surface area contributed by atoms with Gasteiger partial charge in [-0.25, -0.2) is 0 Å². The number of aliphatic hydroxyl groups excluding tert-OH is 1. The summed E-state index contributed by atoms with van der Waals surface area (Å²) in [6, 6.07) is 9.44. The van der Waals surface area contributed by atoms with Gasteiger partial charge in [0.15, 0.2) is 0 Å². The molecule has 1 saturated heterocycles. The standard InChI is InChI=1S/C11H13NO2/c1-8-7-12(11(14)10(8)13)9-5-3-2-4-6-9/h2-6,8,10,13H,7H2,1H3/t8-,10+/m0/s1. The topological polar surface area (TPSA) is 40.5 Å². The second-order valence-corrected chi connectivity index (χ2v) is 3.71. The molecule has 0 radical (unpaired) electrons. The fraction of sp³-hybridized carbons (Fsp3) is 0.364. The van der Waals surface area contributed by atoms with Crippen LogP contribution < -0.4 is 4.90 Å². The Labute approximate surface area is 83.0 Å². The van der Waals surface area contributed by atoms with E-state index in [1.165, 1.54) is 0 Å². The summed E-state index contributed by atoms with van der Waals surface area (Å²) in [4.78, 5) is 13.2. The molecule has 1 amide bonds. The van der Waals surface area contributed by atoms with E-state index in [1.807, 2.05) is 37.3 Å². The third-order valence-corrected chi connectivity index (χ3v) is 2.60. The molecule has 1 aliphatic rings. The summed E-state index contributed by atoms with van der Waals surface area (Å²) in [5, 5.41) is 9.51. The molecule has 3 nitrogen and oxygen atoms in total. The van der Waals surface area contributed by atoms with Crippen LogP contribution in [-0.2, 0) is 4.79 Å². The average molecular weight is 191 g/mol. The van der Waals surface area contributed by atoms with Gasteiger partial charge < -0.3 is 10.0 Å². The van der Waals surface area contributed by atoms with Crippen LogP contribution in [0.25, 0.3) is 0 Å². The maximum Gasteiger partial charge on any atom is 0.256 e. The monoisotopic (exact) mass is 191 g/mol. The number of carbonyl (C=O) groups excluding carboxylic acids is 1. The van der Waals surface area contributed by atoms with Crippen LogP contribution in [0.4, 0.5) is 5.69 Å². The number of amides is 1. The van der Waals surface area contributed by atoms with Gasteiger partial charge in [0, 0.05) is 18.2 Å². The first-order valence-electron chi connectivity index (χ1n) is 4.74. The van der Waals surface area contributed by atoms with E-state index in [1.54, 1.807) is 4.90 Å². The van der Waals surface area contributed by atoms with Crippen LogP contribution in [0.5, 0.6) is 0 Å². The normalized spacial score (nSPS) is 27.0. The largest absolute Gasteiger partial charge is 0.383 e. The van der Waals surface area contributed by atoms with Crippen LogP contribution in [0.15, 0.2) is 30.3 Å². The van der Waals surface area contributed by atoms with Gasteiger partial charge in [-0.05, 0) is 12.1 Å². The molecule has 74 valence electrons. The Bertz CT molecular complexity index is 336. The molecule has 1 aromatic rings. The molecular formula is C11H13NO2. The second-order valence-electron chi connectivity index (χ2n) is 3.71. The SMILES string of the molecule is C[C@H]1CN(c2ccccc2)C(=O)[C@@H]1O. The first-order chi connectivity index (χ1) is 6.70. The quantitative estimate of drug-likeness (QED) is 0.720. The van der Waals surface area contributed by atoms with Crippen molar-refractivity contribution in [2.45, 2.75) is 13.0 Å².